The van der Waals surface area contributed by atoms with E-state index in [1.807, 2.05) is 19.9 Å². The van der Waals surface area contributed by atoms with E-state index in [-0.39, 0.29) is 17.1 Å². The molecule has 1 aromatic carbocycles. The number of primary amides is 1. The third kappa shape index (κ3) is 5.80. The number of hydrogen-bond donors (Lipinski definition) is 5. The molecule has 11 heteroatoms. The van der Waals surface area contributed by atoms with Crippen molar-refractivity contribution < 1.29 is 14.3 Å². The van der Waals surface area contributed by atoms with Gasteiger partial charge in [0.15, 0.2) is 0 Å². The Morgan fingerprint density at radius 2 is 1.82 bits per heavy atom. The number of nitrogens with two attached hydrogens (primary N) is 3. The van der Waals surface area contributed by atoms with Gasteiger partial charge in [0.05, 0.1) is 22.3 Å². The fourth-order valence-corrected chi connectivity index (χ4v) is 4.06. The van der Waals surface area contributed by atoms with Crippen LogP contribution < -0.4 is 27.8 Å². The van der Waals surface area contributed by atoms with Crippen molar-refractivity contribution in [3.05, 3.63) is 29.1 Å². The van der Waals surface area contributed by atoms with Crippen molar-refractivity contribution in [1.29, 1.82) is 0 Å². The van der Waals surface area contributed by atoms with Gasteiger partial charge in [-0.3, -0.25) is 4.79 Å². The first kappa shape index (κ1) is 24.1. The van der Waals surface area contributed by atoms with Crippen LogP contribution in [0.5, 0.6) is 0 Å². The third-order valence-corrected chi connectivity index (χ3v) is 5.61. The van der Waals surface area contributed by atoms with Gasteiger partial charge in [0.2, 0.25) is 5.95 Å². The number of alkyl carbamates (subject to hydrolysis) is 1. The van der Waals surface area contributed by atoms with E-state index in [0.717, 1.165) is 16.9 Å². The summed E-state index contributed by atoms with van der Waals surface area (Å²) in [5, 5.41) is 6.52. The summed E-state index contributed by atoms with van der Waals surface area (Å²) in [4.78, 5) is 33.9. The predicted octanol–water partition coefficient (Wildman–Crippen LogP) is 3.34. The lowest BCUT2D eigenvalue weighted by molar-refractivity contribution is 0.0519. The topological polar surface area (TPSA) is 171 Å². The predicted molar refractivity (Wildman–Crippen MR) is 132 cm³/mol. The Hall–Kier alpha value is -3.60. The van der Waals surface area contributed by atoms with E-state index in [0.29, 0.717) is 27.5 Å². The molecule has 0 saturated carbocycles. The van der Waals surface area contributed by atoms with Crippen molar-refractivity contribution in [2.45, 2.75) is 45.8 Å². The Morgan fingerprint density at radius 3 is 2.42 bits per heavy atom. The van der Waals surface area contributed by atoms with Crippen LogP contribution in [0.25, 0.3) is 21.5 Å². The summed E-state index contributed by atoms with van der Waals surface area (Å²) in [5.41, 5.74) is 18.5. The van der Waals surface area contributed by atoms with Gasteiger partial charge >= 0.3 is 6.09 Å². The molecule has 10 nitrogen and oxygen atoms in total. The van der Waals surface area contributed by atoms with Crippen LogP contribution >= 0.6 is 11.3 Å². The van der Waals surface area contributed by atoms with Crippen molar-refractivity contribution in [2.24, 2.45) is 5.73 Å². The lowest BCUT2D eigenvalue weighted by Gasteiger charge is -2.28. The maximum Gasteiger partial charge on any atom is 0.407 e. The highest BCUT2D eigenvalue weighted by atomic mass is 32.1. The monoisotopic (exact) mass is 471 g/mol. The van der Waals surface area contributed by atoms with Crippen molar-refractivity contribution in [3.63, 3.8) is 0 Å². The first-order valence-corrected chi connectivity index (χ1v) is 11.1. The van der Waals surface area contributed by atoms with E-state index in [9.17, 15) is 9.59 Å². The number of amides is 2. The largest absolute Gasteiger partial charge is 0.444 e. The first-order chi connectivity index (χ1) is 15.3. The van der Waals surface area contributed by atoms with Crippen molar-refractivity contribution >= 4 is 50.9 Å². The minimum Gasteiger partial charge on any atom is -0.444 e. The van der Waals surface area contributed by atoms with Crippen LogP contribution in [0.15, 0.2) is 24.3 Å². The van der Waals surface area contributed by atoms with Gasteiger partial charge in [0, 0.05) is 17.8 Å². The summed E-state index contributed by atoms with van der Waals surface area (Å²) in [6.45, 7) is 9.40. The van der Waals surface area contributed by atoms with E-state index in [4.69, 9.17) is 21.9 Å². The summed E-state index contributed by atoms with van der Waals surface area (Å²) in [7, 11) is 0. The second-order valence-electron chi connectivity index (χ2n) is 9.27. The molecular weight excluding hydrogens is 442 g/mol. The molecule has 2 amide bonds. The number of ether oxygens (including phenoxy) is 1. The molecule has 2 aromatic heterocycles. The van der Waals surface area contributed by atoms with Gasteiger partial charge in [-0.05, 0) is 46.8 Å². The van der Waals surface area contributed by atoms with Crippen molar-refractivity contribution in [1.82, 2.24) is 15.3 Å². The van der Waals surface area contributed by atoms with E-state index >= 15 is 0 Å². The molecule has 0 aliphatic carbocycles. The molecule has 0 aliphatic rings. The molecule has 0 radical (unpaired) electrons. The minimum atomic E-state index is -0.634. The van der Waals surface area contributed by atoms with Gasteiger partial charge in [-0.1, -0.05) is 12.1 Å². The van der Waals surface area contributed by atoms with Gasteiger partial charge in [-0.25, -0.2) is 14.8 Å². The molecule has 0 unspecified atom stereocenters. The molecule has 0 atom stereocenters. The number of carbonyl (C=O) groups is 2. The summed E-state index contributed by atoms with van der Waals surface area (Å²) >= 11 is 1.10. The summed E-state index contributed by atoms with van der Waals surface area (Å²) in [6.07, 6.45) is -0.522. The van der Waals surface area contributed by atoms with Crippen LogP contribution in [-0.4, -0.2) is 39.7 Å². The third-order valence-electron chi connectivity index (χ3n) is 4.50. The van der Waals surface area contributed by atoms with Crippen LogP contribution in [0, 0.1) is 0 Å². The SMILES string of the molecule is CC(C)(CNC(=O)OC(C)(C)C)Nc1nc(-c2cccc(N)c2)c2c(N)c(C(N)=O)sc2n1. The fraction of sp³-hybridized carbons (Fsp3) is 0.364. The van der Waals surface area contributed by atoms with Crippen molar-refractivity contribution in [3.8, 4) is 11.3 Å². The van der Waals surface area contributed by atoms with Crippen LogP contribution in [0.2, 0.25) is 0 Å². The first-order valence-electron chi connectivity index (χ1n) is 10.3. The molecule has 0 spiro atoms. The summed E-state index contributed by atoms with van der Waals surface area (Å²) in [6, 6.07) is 7.18. The van der Waals surface area contributed by atoms with Crippen LogP contribution in [0.3, 0.4) is 0 Å². The number of nitrogens with one attached hydrogen (secondary N) is 2. The Labute approximate surface area is 195 Å². The molecular formula is C22H29N7O3S. The number of aromatic nitrogens is 2. The highest BCUT2D eigenvalue weighted by molar-refractivity contribution is 7.21. The van der Waals surface area contributed by atoms with Gasteiger partial charge in [0.25, 0.3) is 5.91 Å². The zero-order valence-electron chi connectivity index (χ0n) is 19.3. The molecule has 0 bridgehead atoms. The standard InChI is InChI=1S/C22H29N7O3S/c1-21(2,3)32-20(31)26-10-22(4,5)29-19-27-15(11-7-6-8-12(23)9-11)13-14(24)16(17(25)30)33-18(13)28-19/h6-9H,10,23-24H2,1-5H3,(H2,25,30)(H,26,31)(H,27,28,29). The second kappa shape index (κ2) is 8.74. The van der Waals surface area contributed by atoms with Crippen LogP contribution in [0.1, 0.15) is 44.3 Å². The van der Waals surface area contributed by atoms with Crippen molar-refractivity contribution in [2.75, 3.05) is 23.3 Å². The highest BCUT2D eigenvalue weighted by Gasteiger charge is 2.25. The lowest BCUT2D eigenvalue weighted by Crippen LogP contribution is -2.45. The van der Waals surface area contributed by atoms with E-state index in [1.165, 1.54) is 0 Å². The summed E-state index contributed by atoms with van der Waals surface area (Å²) in [5.74, 6) is -0.335. The number of anilines is 3. The number of rotatable bonds is 6. The smallest absolute Gasteiger partial charge is 0.407 e. The maximum absolute atomic E-state index is 12.0. The number of thiophene rings is 1. The lowest BCUT2D eigenvalue weighted by atomic mass is 10.1. The zero-order valence-corrected chi connectivity index (χ0v) is 20.1. The minimum absolute atomic E-state index is 0.215. The molecule has 176 valence electrons. The summed E-state index contributed by atoms with van der Waals surface area (Å²) < 4.78 is 5.29. The Balaban J connectivity index is 1.98. The average Bonchev–Trinajstić information content (AvgIpc) is 3.01. The van der Waals surface area contributed by atoms with Gasteiger partial charge in [-0.15, -0.1) is 11.3 Å². The maximum atomic E-state index is 12.0. The molecule has 0 fully saturated rings. The normalized spacial score (nSPS) is 11.9. The number of nitrogen functional groups attached to an aromatic ring is 2. The number of hydrogen-bond acceptors (Lipinski definition) is 9. The number of nitrogens with zero attached hydrogens (tertiary/aromatic N) is 2. The van der Waals surface area contributed by atoms with E-state index < -0.39 is 23.1 Å². The van der Waals surface area contributed by atoms with Crippen LogP contribution in [-0.2, 0) is 4.74 Å². The van der Waals surface area contributed by atoms with E-state index in [2.05, 4.69) is 20.6 Å². The highest BCUT2D eigenvalue weighted by Crippen LogP contribution is 2.39. The second-order valence-corrected chi connectivity index (χ2v) is 10.3. The molecule has 3 rings (SSSR count). The Morgan fingerprint density at radius 1 is 1.12 bits per heavy atom. The molecule has 8 N–H and O–H groups in total. The number of carbonyl (C=O) groups excluding carboxylic acids is 2. The van der Waals surface area contributed by atoms with Crippen LogP contribution in [0.4, 0.5) is 22.1 Å². The van der Waals surface area contributed by atoms with E-state index in [1.54, 1.807) is 39.0 Å². The molecule has 0 aliphatic heterocycles. The zero-order chi connectivity index (χ0) is 24.6. The quantitative estimate of drug-likeness (QED) is 0.341. The average molecular weight is 472 g/mol. The molecule has 2 heterocycles. The fourth-order valence-electron chi connectivity index (χ4n) is 3.11. The van der Waals surface area contributed by atoms with Gasteiger partial charge < -0.3 is 32.6 Å². The molecule has 33 heavy (non-hydrogen) atoms. The Bertz CT molecular complexity index is 1210. The molecule has 0 saturated heterocycles. The molecule has 3 aromatic rings. The van der Waals surface area contributed by atoms with Gasteiger partial charge in [-0.2, -0.15) is 0 Å². The Kier molecular flexibility index (Phi) is 6.37. The van der Waals surface area contributed by atoms with Gasteiger partial charge in [0.1, 0.15) is 15.3 Å². The number of fused-ring (bicyclic) bond motifs is 1. The number of benzene rings is 1.